The fourth-order valence-corrected chi connectivity index (χ4v) is 6.00. The standard InChI is InChI=1S/C14H22N2O2S/c17-13(15-6-14(18)3-4-19-7-14)16-12-10-8-1-2-9(5-8)11(10)12/h8-12,18H,1-7H2,(H2,15,16,17). The second-order valence-corrected chi connectivity index (χ2v) is 7.97. The highest BCUT2D eigenvalue weighted by Crippen LogP contribution is 2.65. The number of thioether (sulfide) groups is 1. The predicted molar refractivity (Wildman–Crippen MR) is 75.0 cm³/mol. The molecule has 4 fully saturated rings. The van der Waals surface area contributed by atoms with Crippen molar-refractivity contribution < 1.29 is 9.90 Å². The molecule has 3 saturated carbocycles. The van der Waals surface area contributed by atoms with Crippen LogP contribution in [0.15, 0.2) is 0 Å². The molecule has 0 aromatic carbocycles. The van der Waals surface area contributed by atoms with Crippen LogP contribution in [-0.2, 0) is 0 Å². The highest BCUT2D eigenvalue weighted by molar-refractivity contribution is 7.99. The molecule has 2 amide bonds. The van der Waals surface area contributed by atoms with Gasteiger partial charge in [-0.05, 0) is 55.1 Å². The van der Waals surface area contributed by atoms with Crippen molar-refractivity contribution >= 4 is 17.8 Å². The molecule has 5 atom stereocenters. The summed E-state index contributed by atoms with van der Waals surface area (Å²) in [5.74, 6) is 5.05. The van der Waals surface area contributed by atoms with Gasteiger partial charge in [-0.3, -0.25) is 0 Å². The SMILES string of the molecule is O=C(NCC1(O)CCSC1)NC1C2C3CCC(C3)C12. The Balaban J connectivity index is 1.25. The fourth-order valence-electron chi connectivity index (χ4n) is 4.70. The zero-order chi connectivity index (χ0) is 13.0. The van der Waals surface area contributed by atoms with E-state index in [4.69, 9.17) is 0 Å². The largest absolute Gasteiger partial charge is 0.387 e. The summed E-state index contributed by atoms with van der Waals surface area (Å²) in [6.07, 6.45) is 4.95. The molecule has 4 aliphatic rings. The minimum absolute atomic E-state index is 0.0795. The molecule has 4 rings (SSSR count). The van der Waals surface area contributed by atoms with Gasteiger partial charge in [0.2, 0.25) is 0 Å². The molecular weight excluding hydrogens is 260 g/mol. The second-order valence-electron chi connectivity index (χ2n) is 6.87. The molecule has 0 radical (unpaired) electrons. The molecule has 5 unspecified atom stereocenters. The molecule has 0 aromatic rings. The van der Waals surface area contributed by atoms with Crippen LogP contribution in [0.4, 0.5) is 4.79 Å². The highest BCUT2D eigenvalue weighted by atomic mass is 32.2. The quantitative estimate of drug-likeness (QED) is 0.729. The number of hydrogen-bond acceptors (Lipinski definition) is 3. The number of nitrogens with one attached hydrogen (secondary N) is 2. The van der Waals surface area contributed by atoms with Gasteiger partial charge in [-0.1, -0.05) is 0 Å². The summed E-state index contributed by atoms with van der Waals surface area (Å²) in [6, 6.07) is 0.350. The van der Waals surface area contributed by atoms with Crippen LogP contribution in [0.5, 0.6) is 0 Å². The van der Waals surface area contributed by atoms with Crippen molar-refractivity contribution in [3.8, 4) is 0 Å². The molecule has 4 nitrogen and oxygen atoms in total. The lowest BCUT2D eigenvalue weighted by atomic mass is 10.0. The number of carbonyl (C=O) groups excluding carboxylic acids is 1. The maximum Gasteiger partial charge on any atom is 0.315 e. The number of urea groups is 1. The molecule has 1 aliphatic heterocycles. The Bertz CT molecular complexity index is 381. The van der Waals surface area contributed by atoms with Gasteiger partial charge in [-0.25, -0.2) is 4.79 Å². The first-order valence-electron chi connectivity index (χ1n) is 7.51. The summed E-state index contributed by atoms with van der Waals surface area (Å²) in [6.45, 7) is 0.390. The molecule has 0 spiro atoms. The third-order valence-electron chi connectivity index (χ3n) is 5.69. The Labute approximate surface area is 118 Å². The van der Waals surface area contributed by atoms with E-state index in [1.165, 1.54) is 19.3 Å². The van der Waals surface area contributed by atoms with Crippen molar-refractivity contribution in [2.24, 2.45) is 23.7 Å². The van der Waals surface area contributed by atoms with Crippen molar-refractivity contribution in [3.63, 3.8) is 0 Å². The molecule has 0 aromatic heterocycles. The first-order chi connectivity index (χ1) is 9.16. The summed E-state index contributed by atoms with van der Waals surface area (Å²) in [7, 11) is 0. The summed E-state index contributed by atoms with van der Waals surface area (Å²) >= 11 is 1.76. The molecule has 3 aliphatic carbocycles. The smallest absolute Gasteiger partial charge is 0.315 e. The van der Waals surface area contributed by atoms with E-state index >= 15 is 0 Å². The number of aliphatic hydroxyl groups is 1. The van der Waals surface area contributed by atoms with Gasteiger partial charge >= 0.3 is 6.03 Å². The van der Waals surface area contributed by atoms with Crippen molar-refractivity contribution in [2.45, 2.75) is 37.3 Å². The van der Waals surface area contributed by atoms with Crippen LogP contribution in [0.3, 0.4) is 0 Å². The average Bonchev–Trinajstić information content (AvgIpc) is 2.81. The van der Waals surface area contributed by atoms with Gasteiger partial charge in [0, 0.05) is 18.3 Å². The molecule has 3 N–H and O–H groups in total. The Morgan fingerprint density at radius 3 is 2.68 bits per heavy atom. The lowest BCUT2D eigenvalue weighted by Crippen LogP contribution is -2.47. The maximum absolute atomic E-state index is 11.9. The predicted octanol–water partition coefficient (Wildman–Crippen LogP) is 1.20. The Morgan fingerprint density at radius 1 is 1.32 bits per heavy atom. The summed E-state index contributed by atoms with van der Waals surface area (Å²) < 4.78 is 0. The normalized spacial score (nSPS) is 50.1. The van der Waals surface area contributed by atoms with Gasteiger partial charge in [-0.2, -0.15) is 11.8 Å². The van der Waals surface area contributed by atoms with Crippen LogP contribution < -0.4 is 10.6 Å². The first-order valence-corrected chi connectivity index (χ1v) is 8.66. The minimum Gasteiger partial charge on any atom is -0.387 e. The zero-order valence-corrected chi connectivity index (χ0v) is 11.9. The van der Waals surface area contributed by atoms with Crippen LogP contribution in [-0.4, -0.2) is 40.8 Å². The van der Waals surface area contributed by atoms with E-state index in [-0.39, 0.29) is 6.03 Å². The number of carbonyl (C=O) groups is 1. The first kappa shape index (κ1) is 12.3. The molecule has 1 heterocycles. The van der Waals surface area contributed by atoms with E-state index < -0.39 is 5.60 Å². The van der Waals surface area contributed by atoms with Crippen molar-refractivity contribution in [1.29, 1.82) is 0 Å². The van der Waals surface area contributed by atoms with Gasteiger partial charge in [0.05, 0.1) is 5.60 Å². The Morgan fingerprint density at radius 2 is 2.05 bits per heavy atom. The fraction of sp³-hybridized carbons (Fsp3) is 0.929. The maximum atomic E-state index is 11.9. The van der Waals surface area contributed by atoms with E-state index in [0.29, 0.717) is 12.6 Å². The van der Waals surface area contributed by atoms with Gasteiger partial charge in [-0.15, -0.1) is 0 Å². The van der Waals surface area contributed by atoms with Gasteiger partial charge < -0.3 is 15.7 Å². The topological polar surface area (TPSA) is 61.4 Å². The molecule has 5 heteroatoms. The Kier molecular flexibility index (Phi) is 2.78. The van der Waals surface area contributed by atoms with Crippen LogP contribution in [0.2, 0.25) is 0 Å². The number of hydrogen-bond donors (Lipinski definition) is 3. The van der Waals surface area contributed by atoms with Crippen LogP contribution in [0.25, 0.3) is 0 Å². The van der Waals surface area contributed by atoms with Gasteiger partial charge in [0.25, 0.3) is 0 Å². The summed E-state index contributed by atoms with van der Waals surface area (Å²) in [4.78, 5) is 11.9. The van der Waals surface area contributed by atoms with E-state index in [9.17, 15) is 9.90 Å². The third kappa shape index (κ3) is 2.05. The average molecular weight is 282 g/mol. The summed E-state index contributed by atoms with van der Waals surface area (Å²) in [5.41, 5.74) is -0.680. The molecular formula is C14H22N2O2S. The van der Waals surface area contributed by atoms with E-state index in [1.54, 1.807) is 11.8 Å². The zero-order valence-electron chi connectivity index (χ0n) is 11.1. The van der Waals surface area contributed by atoms with Crippen molar-refractivity contribution in [2.75, 3.05) is 18.1 Å². The molecule has 2 bridgehead atoms. The number of rotatable bonds is 3. The molecule has 19 heavy (non-hydrogen) atoms. The molecule has 1 saturated heterocycles. The van der Waals surface area contributed by atoms with Crippen LogP contribution >= 0.6 is 11.8 Å². The monoisotopic (exact) mass is 282 g/mol. The van der Waals surface area contributed by atoms with Crippen LogP contribution in [0, 0.1) is 23.7 Å². The van der Waals surface area contributed by atoms with Gasteiger partial charge in [0.15, 0.2) is 0 Å². The second kappa shape index (κ2) is 4.29. The number of fused-ring (bicyclic) bond motifs is 5. The highest BCUT2D eigenvalue weighted by Gasteiger charge is 2.65. The van der Waals surface area contributed by atoms with E-state index in [2.05, 4.69) is 10.6 Å². The van der Waals surface area contributed by atoms with Crippen LogP contribution in [0.1, 0.15) is 25.7 Å². The third-order valence-corrected chi connectivity index (χ3v) is 6.93. The summed E-state index contributed by atoms with van der Waals surface area (Å²) in [5, 5.41) is 16.2. The lowest BCUT2D eigenvalue weighted by Gasteiger charge is -2.22. The van der Waals surface area contributed by atoms with E-state index in [0.717, 1.165) is 41.6 Å². The van der Waals surface area contributed by atoms with Crippen molar-refractivity contribution in [3.05, 3.63) is 0 Å². The van der Waals surface area contributed by atoms with Crippen molar-refractivity contribution in [1.82, 2.24) is 10.6 Å². The number of amides is 2. The lowest BCUT2D eigenvalue weighted by molar-refractivity contribution is 0.0699. The van der Waals surface area contributed by atoms with E-state index in [1.807, 2.05) is 0 Å². The minimum atomic E-state index is -0.680. The Hall–Kier alpha value is -0.420. The molecule has 106 valence electrons. The van der Waals surface area contributed by atoms with Gasteiger partial charge in [0.1, 0.15) is 0 Å².